The monoisotopic (exact) mass is 370 g/mol. The van der Waals surface area contributed by atoms with Gasteiger partial charge in [0.15, 0.2) is 0 Å². The SMILES string of the molecule is CCCCC(=O)Nc1ccc2nc(N3CCN(C)CC3)cc(C(=O)O)c2c1. The highest BCUT2D eigenvalue weighted by atomic mass is 16.4. The number of carboxylic acid groups (broad SMARTS) is 1. The second-order valence-corrected chi connectivity index (χ2v) is 7.01. The van der Waals surface area contributed by atoms with Gasteiger partial charge in [-0.25, -0.2) is 9.78 Å². The number of amides is 1. The summed E-state index contributed by atoms with van der Waals surface area (Å²) in [7, 11) is 2.07. The molecule has 0 saturated carbocycles. The van der Waals surface area contributed by atoms with Crippen LogP contribution < -0.4 is 10.2 Å². The number of rotatable bonds is 6. The zero-order chi connectivity index (χ0) is 19.4. The lowest BCUT2D eigenvalue weighted by atomic mass is 10.1. The Morgan fingerprint density at radius 3 is 2.59 bits per heavy atom. The number of carbonyl (C=O) groups excluding carboxylic acids is 1. The molecule has 1 aliphatic heterocycles. The fourth-order valence-electron chi connectivity index (χ4n) is 3.22. The van der Waals surface area contributed by atoms with Crippen LogP contribution in [0.2, 0.25) is 0 Å². The minimum Gasteiger partial charge on any atom is -0.478 e. The third-order valence-electron chi connectivity index (χ3n) is 4.89. The molecule has 2 N–H and O–H groups in total. The number of carbonyl (C=O) groups is 2. The first kappa shape index (κ1) is 19.1. The molecule has 7 heteroatoms. The van der Waals surface area contributed by atoms with Crippen molar-refractivity contribution in [1.29, 1.82) is 0 Å². The van der Waals surface area contributed by atoms with Crippen molar-refractivity contribution in [2.75, 3.05) is 43.4 Å². The molecule has 144 valence electrons. The van der Waals surface area contributed by atoms with E-state index in [-0.39, 0.29) is 11.5 Å². The summed E-state index contributed by atoms with van der Waals surface area (Å²) in [6, 6.07) is 6.89. The molecule has 27 heavy (non-hydrogen) atoms. The van der Waals surface area contributed by atoms with E-state index in [0.717, 1.165) is 39.0 Å². The third kappa shape index (κ3) is 4.54. The standard InChI is InChI=1S/C20H26N4O3/c1-3-4-5-19(25)21-14-6-7-17-15(12-14)16(20(26)27)13-18(22-17)24-10-8-23(2)9-11-24/h6-7,12-13H,3-5,8-11H2,1-2H3,(H,21,25)(H,26,27). The van der Waals surface area contributed by atoms with Gasteiger partial charge in [0.2, 0.25) is 5.91 Å². The summed E-state index contributed by atoms with van der Waals surface area (Å²) >= 11 is 0. The maximum absolute atomic E-state index is 12.0. The number of benzene rings is 1. The number of fused-ring (bicyclic) bond motifs is 1. The zero-order valence-corrected chi connectivity index (χ0v) is 15.9. The average molecular weight is 370 g/mol. The molecule has 0 aliphatic carbocycles. The second-order valence-electron chi connectivity index (χ2n) is 7.01. The van der Waals surface area contributed by atoms with E-state index in [1.54, 1.807) is 24.3 Å². The van der Waals surface area contributed by atoms with Crippen LogP contribution in [-0.2, 0) is 4.79 Å². The molecule has 0 atom stereocenters. The molecule has 3 rings (SSSR count). The molecule has 1 fully saturated rings. The van der Waals surface area contributed by atoms with E-state index in [0.29, 0.717) is 28.8 Å². The van der Waals surface area contributed by atoms with Crippen molar-refractivity contribution >= 4 is 34.3 Å². The van der Waals surface area contributed by atoms with E-state index in [2.05, 4.69) is 27.1 Å². The maximum Gasteiger partial charge on any atom is 0.336 e. The van der Waals surface area contributed by atoms with Crippen molar-refractivity contribution < 1.29 is 14.7 Å². The predicted octanol–water partition coefficient (Wildman–Crippen LogP) is 2.81. The third-order valence-corrected chi connectivity index (χ3v) is 4.89. The normalized spacial score (nSPS) is 15.1. The first-order valence-electron chi connectivity index (χ1n) is 9.39. The average Bonchev–Trinajstić information content (AvgIpc) is 2.66. The number of anilines is 2. The molecule has 2 aromatic rings. The van der Waals surface area contributed by atoms with Crippen LogP contribution in [0.3, 0.4) is 0 Å². The van der Waals surface area contributed by atoms with Crippen LogP contribution in [0.15, 0.2) is 24.3 Å². The Hall–Kier alpha value is -2.67. The van der Waals surface area contributed by atoms with E-state index >= 15 is 0 Å². The van der Waals surface area contributed by atoms with Gasteiger partial charge < -0.3 is 20.2 Å². The number of pyridine rings is 1. The summed E-state index contributed by atoms with van der Waals surface area (Å²) < 4.78 is 0. The van der Waals surface area contributed by atoms with E-state index in [4.69, 9.17) is 0 Å². The summed E-state index contributed by atoms with van der Waals surface area (Å²) in [6.07, 6.45) is 2.24. The highest BCUT2D eigenvalue weighted by molar-refractivity contribution is 6.05. The smallest absolute Gasteiger partial charge is 0.336 e. The van der Waals surface area contributed by atoms with Crippen molar-refractivity contribution in [1.82, 2.24) is 9.88 Å². The fraction of sp³-hybridized carbons (Fsp3) is 0.450. The lowest BCUT2D eigenvalue weighted by Gasteiger charge is -2.33. The summed E-state index contributed by atoms with van der Waals surface area (Å²) in [5, 5.41) is 13.1. The number of aromatic carboxylic acids is 1. The Labute approximate surface area is 159 Å². The van der Waals surface area contributed by atoms with E-state index in [9.17, 15) is 14.7 Å². The molecule has 7 nitrogen and oxygen atoms in total. The Morgan fingerprint density at radius 2 is 1.93 bits per heavy atom. The molecular formula is C20H26N4O3. The van der Waals surface area contributed by atoms with Gasteiger partial charge in [-0.15, -0.1) is 0 Å². The molecule has 2 heterocycles. The summed E-state index contributed by atoms with van der Waals surface area (Å²) in [5.74, 6) is -0.366. The van der Waals surface area contributed by atoms with Crippen LogP contribution in [0, 0.1) is 0 Å². The van der Waals surface area contributed by atoms with Gasteiger partial charge in [-0.3, -0.25) is 4.79 Å². The van der Waals surface area contributed by atoms with Gasteiger partial charge in [0.1, 0.15) is 5.82 Å². The number of nitrogens with one attached hydrogen (secondary N) is 1. The molecule has 0 unspecified atom stereocenters. The van der Waals surface area contributed by atoms with E-state index in [1.165, 1.54) is 0 Å². The summed E-state index contributed by atoms with van der Waals surface area (Å²) in [6.45, 7) is 5.51. The molecule has 0 bridgehead atoms. The number of hydrogen-bond acceptors (Lipinski definition) is 5. The zero-order valence-electron chi connectivity index (χ0n) is 15.9. The van der Waals surface area contributed by atoms with Crippen molar-refractivity contribution in [2.45, 2.75) is 26.2 Å². The molecule has 0 radical (unpaired) electrons. The molecule has 0 spiro atoms. The van der Waals surface area contributed by atoms with Gasteiger partial charge in [-0.2, -0.15) is 0 Å². The van der Waals surface area contributed by atoms with Crippen LogP contribution in [0.1, 0.15) is 36.5 Å². The number of aromatic nitrogens is 1. The molecule has 1 aromatic carbocycles. The van der Waals surface area contributed by atoms with Crippen molar-refractivity contribution in [2.24, 2.45) is 0 Å². The Morgan fingerprint density at radius 1 is 1.19 bits per heavy atom. The lowest BCUT2D eigenvalue weighted by molar-refractivity contribution is -0.116. The topological polar surface area (TPSA) is 85.8 Å². The quantitative estimate of drug-likeness (QED) is 0.813. The number of hydrogen-bond donors (Lipinski definition) is 2. The van der Waals surface area contributed by atoms with Crippen LogP contribution in [0.25, 0.3) is 10.9 Å². The van der Waals surface area contributed by atoms with Crippen LogP contribution in [0.5, 0.6) is 0 Å². The fourth-order valence-corrected chi connectivity index (χ4v) is 3.22. The van der Waals surface area contributed by atoms with Crippen molar-refractivity contribution in [3.8, 4) is 0 Å². The van der Waals surface area contributed by atoms with Crippen molar-refractivity contribution in [3.63, 3.8) is 0 Å². The predicted molar refractivity (Wildman–Crippen MR) is 107 cm³/mol. The highest BCUT2D eigenvalue weighted by Gasteiger charge is 2.19. The first-order valence-corrected chi connectivity index (χ1v) is 9.39. The molecular weight excluding hydrogens is 344 g/mol. The highest BCUT2D eigenvalue weighted by Crippen LogP contribution is 2.26. The number of unbranched alkanes of at least 4 members (excludes halogenated alkanes) is 1. The van der Waals surface area contributed by atoms with Crippen LogP contribution in [0.4, 0.5) is 11.5 Å². The van der Waals surface area contributed by atoms with E-state index < -0.39 is 5.97 Å². The maximum atomic E-state index is 12.0. The Bertz CT molecular complexity index is 844. The van der Waals surface area contributed by atoms with Gasteiger partial charge in [-0.1, -0.05) is 13.3 Å². The molecule has 1 aliphatic rings. The summed E-state index contributed by atoms with van der Waals surface area (Å²) in [5.41, 5.74) is 1.43. The number of carboxylic acids is 1. The van der Waals surface area contributed by atoms with Gasteiger partial charge in [0, 0.05) is 43.7 Å². The molecule has 1 saturated heterocycles. The number of piperazine rings is 1. The second kappa shape index (κ2) is 8.35. The van der Waals surface area contributed by atoms with Gasteiger partial charge in [0.25, 0.3) is 0 Å². The van der Waals surface area contributed by atoms with Gasteiger partial charge in [-0.05, 0) is 37.7 Å². The van der Waals surface area contributed by atoms with E-state index in [1.807, 2.05) is 6.92 Å². The van der Waals surface area contributed by atoms with Crippen molar-refractivity contribution in [3.05, 3.63) is 29.8 Å². The first-order chi connectivity index (χ1) is 13.0. The number of nitrogens with zero attached hydrogens (tertiary/aromatic N) is 3. The Kier molecular flexibility index (Phi) is 5.91. The van der Waals surface area contributed by atoms with Crippen LogP contribution >= 0.6 is 0 Å². The Balaban J connectivity index is 1.91. The minimum atomic E-state index is -0.993. The molecule has 1 amide bonds. The number of likely N-dealkylation sites (N-methyl/N-ethyl adjacent to an activating group) is 1. The van der Waals surface area contributed by atoms with Crippen LogP contribution in [-0.4, -0.2) is 60.1 Å². The summed E-state index contributed by atoms with van der Waals surface area (Å²) in [4.78, 5) is 32.8. The minimum absolute atomic E-state index is 0.0601. The molecule has 1 aromatic heterocycles. The lowest BCUT2D eigenvalue weighted by Crippen LogP contribution is -2.44. The van der Waals surface area contributed by atoms with Gasteiger partial charge >= 0.3 is 5.97 Å². The van der Waals surface area contributed by atoms with Gasteiger partial charge in [0.05, 0.1) is 11.1 Å². The largest absolute Gasteiger partial charge is 0.478 e.